The number of benzene rings is 2. The van der Waals surface area contributed by atoms with E-state index in [-0.39, 0.29) is 5.91 Å². The molecule has 0 spiro atoms. The predicted molar refractivity (Wildman–Crippen MR) is 130 cm³/mol. The molecule has 3 rings (SSSR count). The molecular weight excluding hydrogens is 420 g/mol. The Labute approximate surface area is 192 Å². The molecule has 32 heavy (non-hydrogen) atoms. The number of amides is 1. The van der Waals surface area contributed by atoms with Crippen LogP contribution in [-0.4, -0.2) is 38.3 Å². The van der Waals surface area contributed by atoms with Crippen molar-refractivity contribution in [3.8, 4) is 0 Å². The second-order valence-corrected chi connectivity index (χ2v) is 10.6. The number of sulfonamides is 1. The van der Waals surface area contributed by atoms with Crippen molar-refractivity contribution in [3.63, 3.8) is 0 Å². The van der Waals surface area contributed by atoms with Crippen molar-refractivity contribution in [1.82, 2.24) is 9.62 Å². The zero-order valence-corrected chi connectivity index (χ0v) is 19.9. The number of nitrogens with one attached hydrogen (secondary N) is 1. The van der Waals surface area contributed by atoms with Crippen molar-refractivity contribution in [2.75, 3.05) is 19.6 Å². The van der Waals surface area contributed by atoms with Crippen LogP contribution >= 0.6 is 0 Å². The highest BCUT2D eigenvalue weighted by molar-refractivity contribution is 7.89. The first-order valence-corrected chi connectivity index (χ1v) is 13.0. The lowest BCUT2D eigenvalue weighted by Crippen LogP contribution is -2.31. The first kappa shape index (κ1) is 24.2. The zero-order chi connectivity index (χ0) is 23.0. The van der Waals surface area contributed by atoms with E-state index in [1.165, 1.54) is 5.56 Å². The molecule has 1 fully saturated rings. The molecule has 0 bridgehead atoms. The molecular formula is C26H34N2O3S. The van der Waals surface area contributed by atoms with Gasteiger partial charge in [0.1, 0.15) is 0 Å². The van der Waals surface area contributed by atoms with Gasteiger partial charge in [-0.2, -0.15) is 4.31 Å². The van der Waals surface area contributed by atoms with Crippen molar-refractivity contribution in [2.24, 2.45) is 0 Å². The van der Waals surface area contributed by atoms with Crippen LogP contribution < -0.4 is 5.32 Å². The van der Waals surface area contributed by atoms with Crippen LogP contribution in [0.2, 0.25) is 0 Å². The van der Waals surface area contributed by atoms with E-state index in [9.17, 15) is 13.2 Å². The third kappa shape index (κ3) is 6.78. The minimum Gasteiger partial charge on any atom is -0.352 e. The lowest BCUT2D eigenvalue weighted by Gasteiger charge is -2.20. The van der Waals surface area contributed by atoms with E-state index in [1.54, 1.807) is 22.5 Å². The molecule has 1 amide bonds. The van der Waals surface area contributed by atoms with E-state index >= 15 is 0 Å². The maximum absolute atomic E-state index is 12.9. The summed E-state index contributed by atoms with van der Waals surface area (Å²) in [4.78, 5) is 12.4. The summed E-state index contributed by atoms with van der Waals surface area (Å²) in [6, 6.07) is 15.2. The summed E-state index contributed by atoms with van der Waals surface area (Å²) in [5.74, 6) is 0.345. The molecule has 0 aromatic heterocycles. The molecule has 0 unspecified atom stereocenters. The van der Waals surface area contributed by atoms with Crippen LogP contribution in [0.15, 0.2) is 59.5 Å². The highest BCUT2D eigenvalue weighted by Crippen LogP contribution is 2.21. The monoisotopic (exact) mass is 454 g/mol. The minimum atomic E-state index is -3.42. The Morgan fingerprint density at radius 2 is 1.59 bits per heavy atom. The molecule has 1 N–H and O–H groups in total. The fourth-order valence-corrected chi connectivity index (χ4v) is 5.33. The number of hydrogen-bond donors (Lipinski definition) is 1. The molecule has 2 aromatic rings. The number of carbonyl (C=O) groups is 1. The SMILES string of the molecule is CC(C)c1ccc(/C=C/C(=O)NCCc2ccc(S(=O)(=O)N3CCCCCC3)cc2)cc1. The molecule has 172 valence electrons. The summed E-state index contributed by atoms with van der Waals surface area (Å²) in [5, 5.41) is 2.88. The molecule has 0 radical (unpaired) electrons. The van der Waals surface area contributed by atoms with E-state index in [2.05, 4.69) is 31.3 Å². The Morgan fingerprint density at radius 1 is 0.969 bits per heavy atom. The van der Waals surface area contributed by atoms with Gasteiger partial charge in [-0.1, -0.05) is 63.1 Å². The van der Waals surface area contributed by atoms with E-state index in [4.69, 9.17) is 0 Å². The fraction of sp³-hybridized carbons (Fsp3) is 0.423. The molecule has 2 aromatic carbocycles. The fourth-order valence-electron chi connectivity index (χ4n) is 3.81. The molecule has 5 nitrogen and oxygen atoms in total. The van der Waals surface area contributed by atoms with E-state index in [0.717, 1.165) is 36.8 Å². The van der Waals surface area contributed by atoms with Crippen molar-refractivity contribution >= 4 is 22.0 Å². The van der Waals surface area contributed by atoms with Gasteiger partial charge in [0, 0.05) is 25.7 Å². The van der Waals surface area contributed by atoms with E-state index in [1.807, 2.05) is 30.3 Å². The molecule has 6 heteroatoms. The van der Waals surface area contributed by atoms with Crippen molar-refractivity contribution in [2.45, 2.75) is 56.8 Å². The molecule has 0 aliphatic carbocycles. The van der Waals surface area contributed by atoms with Crippen molar-refractivity contribution in [3.05, 3.63) is 71.3 Å². The second-order valence-electron chi connectivity index (χ2n) is 8.66. The first-order valence-electron chi connectivity index (χ1n) is 11.5. The zero-order valence-electron chi connectivity index (χ0n) is 19.1. The minimum absolute atomic E-state index is 0.140. The van der Waals surface area contributed by atoms with Crippen LogP contribution in [0.1, 0.15) is 62.1 Å². The summed E-state index contributed by atoms with van der Waals surface area (Å²) < 4.78 is 27.3. The van der Waals surface area contributed by atoms with Crippen LogP contribution in [0.25, 0.3) is 6.08 Å². The van der Waals surface area contributed by atoms with Gasteiger partial charge >= 0.3 is 0 Å². The largest absolute Gasteiger partial charge is 0.352 e. The highest BCUT2D eigenvalue weighted by Gasteiger charge is 2.24. The Bertz CT molecular complexity index is 1000. The van der Waals surface area contributed by atoms with Gasteiger partial charge in [-0.05, 0) is 60.1 Å². The summed E-state index contributed by atoms with van der Waals surface area (Å²) in [6.07, 6.45) is 8.03. The molecule has 1 aliphatic rings. The first-order chi connectivity index (χ1) is 15.4. The number of carbonyl (C=O) groups excluding carboxylic acids is 1. The average molecular weight is 455 g/mol. The normalized spacial score (nSPS) is 15.7. The summed E-state index contributed by atoms with van der Waals surface area (Å²) in [7, 11) is -3.42. The standard InChI is InChI=1S/C26H34N2O3S/c1-21(2)24-12-7-22(8-13-24)11-16-26(29)27-18-17-23-9-14-25(15-10-23)32(30,31)28-19-5-3-4-6-20-28/h7-16,21H,3-6,17-20H2,1-2H3,(H,27,29)/b16-11+. The van der Waals surface area contributed by atoms with Crippen LogP contribution in [-0.2, 0) is 21.2 Å². The van der Waals surface area contributed by atoms with Gasteiger partial charge in [0.15, 0.2) is 0 Å². The molecule has 0 saturated carbocycles. The average Bonchev–Trinajstić information content (AvgIpc) is 3.09. The molecule has 0 atom stereocenters. The Kier molecular flexibility index (Phi) is 8.65. The number of rotatable bonds is 8. The van der Waals surface area contributed by atoms with E-state index < -0.39 is 10.0 Å². The number of nitrogens with zero attached hydrogens (tertiary/aromatic N) is 1. The highest BCUT2D eigenvalue weighted by atomic mass is 32.2. The summed E-state index contributed by atoms with van der Waals surface area (Å²) in [6.45, 7) is 6.01. The van der Waals surface area contributed by atoms with Crippen molar-refractivity contribution in [1.29, 1.82) is 0 Å². The topological polar surface area (TPSA) is 66.5 Å². The van der Waals surface area contributed by atoms with Gasteiger partial charge in [-0.25, -0.2) is 8.42 Å². The quantitative estimate of drug-likeness (QED) is 0.586. The Hall–Kier alpha value is -2.44. The molecule has 1 heterocycles. The van der Waals surface area contributed by atoms with Gasteiger partial charge in [-0.15, -0.1) is 0 Å². The van der Waals surface area contributed by atoms with Crippen molar-refractivity contribution < 1.29 is 13.2 Å². The lowest BCUT2D eigenvalue weighted by atomic mass is 10.0. The van der Waals surface area contributed by atoms with Crippen LogP contribution in [0.3, 0.4) is 0 Å². The Balaban J connectivity index is 1.48. The maximum Gasteiger partial charge on any atom is 0.244 e. The Morgan fingerprint density at radius 3 is 2.19 bits per heavy atom. The third-order valence-electron chi connectivity index (χ3n) is 5.87. The molecule has 1 saturated heterocycles. The van der Waals surface area contributed by atoms with Gasteiger partial charge < -0.3 is 5.32 Å². The van der Waals surface area contributed by atoms with Gasteiger partial charge in [0.2, 0.25) is 15.9 Å². The lowest BCUT2D eigenvalue weighted by molar-refractivity contribution is -0.116. The van der Waals surface area contributed by atoms with Crippen LogP contribution in [0.5, 0.6) is 0 Å². The van der Waals surface area contributed by atoms with Gasteiger partial charge in [0.05, 0.1) is 4.90 Å². The van der Waals surface area contributed by atoms with Crippen LogP contribution in [0, 0.1) is 0 Å². The smallest absolute Gasteiger partial charge is 0.244 e. The summed E-state index contributed by atoms with van der Waals surface area (Å²) >= 11 is 0. The predicted octanol–water partition coefficient (Wildman–Crippen LogP) is 4.75. The van der Waals surface area contributed by atoms with Gasteiger partial charge in [-0.3, -0.25) is 4.79 Å². The van der Waals surface area contributed by atoms with E-state index in [0.29, 0.717) is 36.9 Å². The number of hydrogen-bond acceptors (Lipinski definition) is 3. The summed E-state index contributed by atoms with van der Waals surface area (Å²) in [5.41, 5.74) is 3.26. The maximum atomic E-state index is 12.9. The van der Waals surface area contributed by atoms with Crippen LogP contribution in [0.4, 0.5) is 0 Å². The van der Waals surface area contributed by atoms with Gasteiger partial charge in [0.25, 0.3) is 0 Å². The molecule has 1 aliphatic heterocycles. The second kappa shape index (κ2) is 11.4. The third-order valence-corrected chi connectivity index (χ3v) is 7.78.